The average molecular weight is 291 g/mol. The van der Waals surface area contributed by atoms with Gasteiger partial charge in [0, 0.05) is 5.69 Å². The Balaban J connectivity index is 2.23. The van der Waals surface area contributed by atoms with Crippen LogP contribution in [0.2, 0.25) is 0 Å². The van der Waals surface area contributed by atoms with Gasteiger partial charge in [-0.1, -0.05) is 0 Å². The fourth-order valence-corrected chi connectivity index (χ4v) is 1.73. The SMILES string of the molecule is O=C(O)C1(C(=O)Nc2ccc(F)c(C(F)(F)F)c2)CC1. The number of anilines is 1. The third kappa shape index (κ3) is 2.45. The Morgan fingerprint density at radius 3 is 2.30 bits per heavy atom. The molecule has 1 fully saturated rings. The van der Waals surface area contributed by atoms with Crippen molar-refractivity contribution in [1.82, 2.24) is 0 Å². The predicted octanol–water partition coefficient (Wildman–Crippen LogP) is 2.65. The first-order valence-corrected chi connectivity index (χ1v) is 5.58. The highest BCUT2D eigenvalue weighted by Gasteiger charge is 2.57. The molecule has 1 aliphatic carbocycles. The zero-order valence-corrected chi connectivity index (χ0v) is 9.92. The molecular formula is C12H9F4NO3. The molecule has 1 aliphatic rings. The lowest BCUT2D eigenvalue weighted by atomic mass is 10.1. The van der Waals surface area contributed by atoms with Gasteiger partial charge in [-0.3, -0.25) is 9.59 Å². The zero-order chi connectivity index (χ0) is 15.1. The van der Waals surface area contributed by atoms with E-state index in [1.807, 2.05) is 0 Å². The Labute approximate surface area is 110 Å². The van der Waals surface area contributed by atoms with E-state index in [-0.39, 0.29) is 18.5 Å². The number of carbonyl (C=O) groups is 2. The van der Waals surface area contributed by atoms with E-state index < -0.39 is 34.8 Å². The number of hydrogen-bond acceptors (Lipinski definition) is 2. The molecular weight excluding hydrogens is 282 g/mol. The van der Waals surface area contributed by atoms with E-state index in [1.54, 1.807) is 0 Å². The topological polar surface area (TPSA) is 66.4 Å². The number of benzene rings is 1. The maximum Gasteiger partial charge on any atom is 0.419 e. The van der Waals surface area contributed by atoms with Crippen LogP contribution in [-0.2, 0) is 15.8 Å². The van der Waals surface area contributed by atoms with Gasteiger partial charge in [0.1, 0.15) is 11.2 Å². The molecule has 2 rings (SSSR count). The second-order valence-corrected chi connectivity index (χ2v) is 4.53. The molecule has 108 valence electrons. The average Bonchev–Trinajstić information content (AvgIpc) is 3.11. The fourth-order valence-electron chi connectivity index (χ4n) is 1.73. The summed E-state index contributed by atoms with van der Waals surface area (Å²) in [6, 6.07) is 1.95. The van der Waals surface area contributed by atoms with E-state index in [0.29, 0.717) is 12.1 Å². The first-order chi connectivity index (χ1) is 9.17. The smallest absolute Gasteiger partial charge is 0.419 e. The van der Waals surface area contributed by atoms with Gasteiger partial charge in [-0.05, 0) is 31.0 Å². The largest absolute Gasteiger partial charge is 0.480 e. The molecule has 0 aliphatic heterocycles. The van der Waals surface area contributed by atoms with Crippen molar-refractivity contribution in [3.63, 3.8) is 0 Å². The van der Waals surface area contributed by atoms with Gasteiger partial charge < -0.3 is 10.4 Å². The highest BCUT2D eigenvalue weighted by atomic mass is 19.4. The van der Waals surface area contributed by atoms with Crippen molar-refractivity contribution >= 4 is 17.6 Å². The van der Waals surface area contributed by atoms with Crippen LogP contribution >= 0.6 is 0 Å². The molecule has 1 aromatic carbocycles. The van der Waals surface area contributed by atoms with E-state index >= 15 is 0 Å². The lowest BCUT2D eigenvalue weighted by molar-refractivity contribution is -0.147. The molecule has 1 amide bonds. The van der Waals surface area contributed by atoms with Gasteiger partial charge >= 0.3 is 12.1 Å². The second kappa shape index (κ2) is 4.46. The van der Waals surface area contributed by atoms with Crippen molar-refractivity contribution in [2.45, 2.75) is 19.0 Å². The number of nitrogens with one attached hydrogen (secondary N) is 1. The van der Waals surface area contributed by atoms with Crippen molar-refractivity contribution in [3.8, 4) is 0 Å². The van der Waals surface area contributed by atoms with Crippen molar-refractivity contribution < 1.29 is 32.3 Å². The molecule has 8 heteroatoms. The van der Waals surface area contributed by atoms with E-state index in [9.17, 15) is 27.2 Å². The van der Waals surface area contributed by atoms with Crippen molar-refractivity contribution in [2.75, 3.05) is 5.32 Å². The fraction of sp³-hybridized carbons (Fsp3) is 0.333. The molecule has 4 nitrogen and oxygen atoms in total. The van der Waals surface area contributed by atoms with Crippen LogP contribution in [0.15, 0.2) is 18.2 Å². The van der Waals surface area contributed by atoms with Gasteiger partial charge in [0.05, 0.1) is 5.56 Å². The third-order valence-corrected chi connectivity index (χ3v) is 3.12. The van der Waals surface area contributed by atoms with Crippen LogP contribution in [0.1, 0.15) is 18.4 Å². The van der Waals surface area contributed by atoms with Crippen LogP contribution < -0.4 is 5.32 Å². The summed E-state index contributed by atoms with van der Waals surface area (Å²) in [6.07, 6.45) is -4.64. The monoisotopic (exact) mass is 291 g/mol. The summed E-state index contributed by atoms with van der Waals surface area (Å²) in [6.45, 7) is 0. The van der Waals surface area contributed by atoms with E-state index in [4.69, 9.17) is 5.11 Å². The predicted molar refractivity (Wildman–Crippen MR) is 59.3 cm³/mol. The minimum Gasteiger partial charge on any atom is -0.480 e. The maximum atomic E-state index is 13.1. The van der Waals surface area contributed by atoms with E-state index in [0.717, 1.165) is 6.07 Å². The number of amides is 1. The second-order valence-electron chi connectivity index (χ2n) is 4.53. The number of alkyl halides is 3. The number of rotatable bonds is 3. The summed E-state index contributed by atoms with van der Waals surface area (Å²) in [5, 5.41) is 11.0. The van der Waals surface area contributed by atoms with Gasteiger partial charge in [0.15, 0.2) is 0 Å². The molecule has 1 saturated carbocycles. The highest BCUT2D eigenvalue weighted by molar-refractivity contribution is 6.10. The minimum absolute atomic E-state index is 0.126. The lowest BCUT2D eigenvalue weighted by Gasteiger charge is -2.13. The molecule has 0 spiro atoms. The maximum absolute atomic E-state index is 13.1. The Kier molecular flexibility index (Phi) is 3.19. The Hall–Kier alpha value is -2.12. The quantitative estimate of drug-likeness (QED) is 0.664. The van der Waals surface area contributed by atoms with Gasteiger partial charge in [0.2, 0.25) is 5.91 Å². The van der Waals surface area contributed by atoms with Crippen molar-refractivity contribution in [2.24, 2.45) is 5.41 Å². The van der Waals surface area contributed by atoms with Crippen molar-refractivity contribution in [1.29, 1.82) is 0 Å². The Morgan fingerprint density at radius 2 is 1.85 bits per heavy atom. The van der Waals surface area contributed by atoms with Gasteiger partial charge in [-0.15, -0.1) is 0 Å². The molecule has 0 bridgehead atoms. The molecule has 0 unspecified atom stereocenters. The first kappa shape index (κ1) is 14.3. The first-order valence-electron chi connectivity index (χ1n) is 5.58. The molecule has 20 heavy (non-hydrogen) atoms. The molecule has 0 heterocycles. The van der Waals surface area contributed by atoms with Gasteiger partial charge in [0.25, 0.3) is 0 Å². The molecule has 0 aromatic heterocycles. The number of carbonyl (C=O) groups excluding carboxylic acids is 1. The summed E-state index contributed by atoms with van der Waals surface area (Å²) in [7, 11) is 0. The number of halogens is 4. The third-order valence-electron chi connectivity index (χ3n) is 3.12. The Bertz CT molecular complexity index is 579. The minimum atomic E-state index is -4.89. The number of hydrogen-bond donors (Lipinski definition) is 2. The standard InChI is InChI=1S/C12H9F4NO3/c13-8-2-1-6(5-7(8)12(14,15)16)17-9(18)11(3-4-11)10(19)20/h1-2,5H,3-4H2,(H,17,18)(H,19,20). The summed E-state index contributed by atoms with van der Waals surface area (Å²) in [5.74, 6) is -3.69. The van der Waals surface area contributed by atoms with Crippen LogP contribution in [0.3, 0.4) is 0 Å². The summed E-state index contributed by atoms with van der Waals surface area (Å²) < 4.78 is 50.5. The zero-order valence-electron chi connectivity index (χ0n) is 9.92. The summed E-state index contributed by atoms with van der Waals surface area (Å²) in [5.41, 5.74) is -3.39. The molecule has 0 saturated heterocycles. The van der Waals surface area contributed by atoms with Crippen LogP contribution in [0, 0.1) is 11.2 Å². The number of carboxylic acids is 1. The van der Waals surface area contributed by atoms with Crippen molar-refractivity contribution in [3.05, 3.63) is 29.6 Å². The van der Waals surface area contributed by atoms with Crippen LogP contribution in [0.5, 0.6) is 0 Å². The Morgan fingerprint density at radius 1 is 1.25 bits per heavy atom. The van der Waals surface area contributed by atoms with Gasteiger partial charge in [-0.25, -0.2) is 4.39 Å². The molecule has 1 aromatic rings. The van der Waals surface area contributed by atoms with Gasteiger partial charge in [-0.2, -0.15) is 13.2 Å². The van der Waals surface area contributed by atoms with Crippen LogP contribution in [0.25, 0.3) is 0 Å². The van der Waals surface area contributed by atoms with Crippen LogP contribution in [0.4, 0.5) is 23.2 Å². The lowest BCUT2D eigenvalue weighted by Crippen LogP contribution is -2.31. The van der Waals surface area contributed by atoms with E-state index in [1.165, 1.54) is 0 Å². The van der Waals surface area contributed by atoms with E-state index in [2.05, 4.69) is 5.32 Å². The number of carboxylic acid groups (broad SMARTS) is 1. The van der Waals surface area contributed by atoms with Crippen LogP contribution in [-0.4, -0.2) is 17.0 Å². The summed E-state index contributed by atoms with van der Waals surface area (Å²) >= 11 is 0. The molecule has 0 atom stereocenters. The number of aliphatic carboxylic acids is 1. The molecule has 0 radical (unpaired) electrons. The molecule has 2 N–H and O–H groups in total. The summed E-state index contributed by atoms with van der Waals surface area (Å²) in [4.78, 5) is 22.6. The highest BCUT2D eigenvalue weighted by Crippen LogP contribution is 2.47. The normalized spacial score (nSPS) is 16.6.